The lowest BCUT2D eigenvalue weighted by Gasteiger charge is -2.15. The third-order valence-electron chi connectivity index (χ3n) is 2.27. The van der Waals surface area contributed by atoms with Crippen molar-refractivity contribution in [1.29, 1.82) is 0 Å². The molecule has 0 spiro atoms. The monoisotopic (exact) mass is 258 g/mol. The van der Waals surface area contributed by atoms with Crippen LogP contribution in [0.2, 0.25) is 5.02 Å². The molecule has 2 unspecified atom stereocenters. The number of Topliss-reactive ketones (excluding diaryl/α,β-unsaturated/α-hetero) is 1. The number of aliphatic hydroxyl groups is 2. The summed E-state index contributed by atoms with van der Waals surface area (Å²) in [6.07, 6.45) is -3.53. The fourth-order valence-corrected chi connectivity index (χ4v) is 1.64. The number of carbonyl (C=O) groups excluding carboxylic acids is 1. The van der Waals surface area contributed by atoms with Gasteiger partial charge in [0.1, 0.15) is 6.10 Å². The quantitative estimate of drug-likeness (QED) is 0.701. The first-order valence-electron chi connectivity index (χ1n) is 4.74. The van der Waals surface area contributed by atoms with Gasteiger partial charge in [-0.1, -0.05) is 17.7 Å². The van der Waals surface area contributed by atoms with Gasteiger partial charge in [-0.2, -0.15) is 0 Å². The van der Waals surface area contributed by atoms with Gasteiger partial charge >= 0.3 is 5.97 Å². The molecule has 0 amide bonds. The van der Waals surface area contributed by atoms with E-state index in [0.717, 1.165) is 0 Å². The van der Waals surface area contributed by atoms with Crippen molar-refractivity contribution >= 4 is 23.4 Å². The molecular weight excluding hydrogens is 248 g/mol. The zero-order chi connectivity index (χ0) is 13.2. The van der Waals surface area contributed by atoms with Gasteiger partial charge in [-0.25, -0.2) is 4.79 Å². The maximum Gasteiger partial charge on any atom is 0.335 e. The van der Waals surface area contributed by atoms with Gasteiger partial charge < -0.3 is 15.3 Å². The lowest BCUT2D eigenvalue weighted by atomic mass is 10.0. The van der Waals surface area contributed by atoms with Crippen LogP contribution in [0.1, 0.15) is 28.9 Å². The largest absolute Gasteiger partial charge is 0.479 e. The fraction of sp³-hybridized carbons (Fsp3) is 0.273. The highest BCUT2D eigenvalue weighted by molar-refractivity contribution is 6.33. The lowest BCUT2D eigenvalue weighted by Crippen LogP contribution is -2.27. The third-order valence-corrected chi connectivity index (χ3v) is 2.58. The zero-order valence-electron chi connectivity index (χ0n) is 8.92. The molecular formula is C11H11ClO5. The normalized spacial score (nSPS) is 14.1. The number of hydrogen-bond acceptors (Lipinski definition) is 4. The minimum absolute atomic E-state index is 0.103. The molecule has 0 aromatic heterocycles. The van der Waals surface area contributed by atoms with Crippen molar-refractivity contribution in [1.82, 2.24) is 0 Å². The van der Waals surface area contributed by atoms with E-state index in [4.69, 9.17) is 21.8 Å². The van der Waals surface area contributed by atoms with Gasteiger partial charge in [0, 0.05) is 5.56 Å². The van der Waals surface area contributed by atoms with E-state index in [9.17, 15) is 14.7 Å². The minimum atomic E-state index is -1.94. The molecule has 1 rings (SSSR count). The Labute approximate surface area is 102 Å². The molecule has 92 valence electrons. The molecule has 0 radical (unpaired) electrons. The van der Waals surface area contributed by atoms with Crippen LogP contribution in [0, 0.1) is 0 Å². The molecule has 1 aromatic carbocycles. The number of benzene rings is 1. The smallest absolute Gasteiger partial charge is 0.335 e. The van der Waals surface area contributed by atoms with Crippen LogP contribution in [0.5, 0.6) is 0 Å². The van der Waals surface area contributed by atoms with Crippen LogP contribution in [-0.4, -0.2) is 33.2 Å². The Kier molecular flexibility index (Phi) is 4.22. The maximum absolute atomic E-state index is 11.1. The Morgan fingerprint density at radius 3 is 2.29 bits per heavy atom. The molecule has 3 N–H and O–H groups in total. The van der Waals surface area contributed by atoms with Crippen LogP contribution < -0.4 is 0 Å². The number of carboxylic acid groups (broad SMARTS) is 1. The van der Waals surface area contributed by atoms with Crippen LogP contribution in [0.15, 0.2) is 18.2 Å². The molecule has 2 atom stereocenters. The molecule has 0 saturated heterocycles. The molecule has 5 nitrogen and oxygen atoms in total. The van der Waals surface area contributed by atoms with Crippen molar-refractivity contribution in [3.8, 4) is 0 Å². The summed E-state index contributed by atoms with van der Waals surface area (Å²) in [4.78, 5) is 21.6. The van der Waals surface area contributed by atoms with Crippen molar-refractivity contribution in [2.75, 3.05) is 0 Å². The van der Waals surface area contributed by atoms with Crippen molar-refractivity contribution < 1.29 is 24.9 Å². The van der Waals surface area contributed by atoms with E-state index in [-0.39, 0.29) is 21.9 Å². The van der Waals surface area contributed by atoms with Crippen LogP contribution in [0.4, 0.5) is 0 Å². The molecule has 0 aliphatic carbocycles. The SMILES string of the molecule is CC(=O)c1ccc(C(O)C(O)C(=O)O)cc1Cl. The van der Waals surface area contributed by atoms with Crippen LogP contribution in [0.3, 0.4) is 0 Å². The number of halogens is 1. The highest BCUT2D eigenvalue weighted by atomic mass is 35.5. The summed E-state index contributed by atoms with van der Waals surface area (Å²) < 4.78 is 0. The van der Waals surface area contributed by atoms with Gasteiger partial charge in [0.2, 0.25) is 0 Å². The molecule has 0 saturated carbocycles. The lowest BCUT2D eigenvalue weighted by molar-refractivity contribution is -0.153. The molecule has 0 aliphatic rings. The Morgan fingerprint density at radius 1 is 1.29 bits per heavy atom. The molecule has 0 heterocycles. The second-order valence-electron chi connectivity index (χ2n) is 3.52. The van der Waals surface area contributed by atoms with Crippen LogP contribution in [0.25, 0.3) is 0 Å². The Balaban J connectivity index is 3.05. The first-order chi connectivity index (χ1) is 7.84. The van der Waals surface area contributed by atoms with Gasteiger partial charge in [-0.15, -0.1) is 0 Å². The Hall–Kier alpha value is -1.43. The summed E-state index contributed by atoms with van der Waals surface area (Å²) >= 11 is 5.79. The summed E-state index contributed by atoms with van der Waals surface area (Å²) in [7, 11) is 0. The van der Waals surface area contributed by atoms with E-state index < -0.39 is 18.2 Å². The van der Waals surface area contributed by atoms with Gasteiger partial charge in [-0.3, -0.25) is 4.79 Å². The summed E-state index contributed by atoms with van der Waals surface area (Å²) in [5, 5.41) is 27.3. The Morgan fingerprint density at radius 2 is 1.88 bits per heavy atom. The first-order valence-corrected chi connectivity index (χ1v) is 5.11. The molecule has 0 aliphatic heterocycles. The van der Waals surface area contributed by atoms with E-state index in [0.29, 0.717) is 0 Å². The van der Waals surface area contributed by atoms with E-state index >= 15 is 0 Å². The van der Waals surface area contributed by atoms with Crippen molar-refractivity contribution in [3.05, 3.63) is 34.3 Å². The molecule has 1 aromatic rings. The predicted octanol–water partition coefficient (Wildman–Crippen LogP) is 1.02. The fourth-order valence-electron chi connectivity index (χ4n) is 1.32. The molecule has 6 heteroatoms. The predicted molar refractivity (Wildman–Crippen MR) is 60.1 cm³/mol. The first kappa shape index (κ1) is 13.6. The van der Waals surface area contributed by atoms with Gasteiger partial charge in [0.25, 0.3) is 0 Å². The highest BCUT2D eigenvalue weighted by Crippen LogP contribution is 2.24. The average Bonchev–Trinajstić information content (AvgIpc) is 2.26. The number of aliphatic hydroxyl groups excluding tert-OH is 2. The number of carboxylic acids is 1. The summed E-state index contributed by atoms with van der Waals surface area (Å²) in [5.74, 6) is -1.78. The second-order valence-corrected chi connectivity index (χ2v) is 3.93. The molecule has 0 fully saturated rings. The van der Waals surface area contributed by atoms with E-state index in [2.05, 4.69) is 0 Å². The molecule has 0 bridgehead atoms. The van der Waals surface area contributed by atoms with Crippen molar-refractivity contribution in [2.24, 2.45) is 0 Å². The van der Waals surface area contributed by atoms with E-state index in [1.807, 2.05) is 0 Å². The maximum atomic E-state index is 11.1. The van der Waals surface area contributed by atoms with Crippen LogP contribution >= 0.6 is 11.6 Å². The van der Waals surface area contributed by atoms with E-state index in [1.165, 1.54) is 25.1 Å². The van der Waals surface area contributed by atoms with Crippen LogP contribution in [-0.2, 0) is 4.79 Å². The number of hydrogen-bond donors (Lipinski definition) is 3. The highest BCUT2D eigenvalue weighted by Gasteiger charge is 2.25. The minimum Gasteiger partial charge on any atom is -0.479 e. The third kappa shape index (κ3) is 3.03. The summed E-state index contributed by atoms with van der Waals surface area (Å²) in [6.45, 7) is 1.34. The number of carbonyl (C=O) groups is 2. The van der Waals surface area contributed by atoms with Crippen molar-refractivity contribution in [2.45, 2.75) is 19.1 Å². The van der Waals surface area contributed by atoms with Gasteiger partial charge in [0.15, 0.2) is 11.9 Å². The average molecular weight is 259 g/mol. The summed E-state index contributed by atoms with van der Waals surface area (Å²) in [6, 6.07) is 3.98. The number of aliphatic carboxylic acids is 1. The second kappa shape index (κ2) is 5.27. The standard InChI is InChI=1S/C11H11ClO5/c1-5(13)7-3-2-6(4-8(7)12)9(14)10(15)11(16)17/h2-4,9-10,14-15H,1H3,(H,16,17). The Bertz CT molecular complexity index is 457. The van der Waals surface area contributed by atoms with Crippen molar-refractivity contribution in [3.63, 3.8) is 0 Å². The number of ketones is 1. The topological polar surface area (TPSA) is 94.8 Å². The van der Waals surface area contributed by atoms with E-state index in [1.54, 1.807) is 0 Å². The van der Waals surface area contributed by atoms with Gasteiger partial charge in [-0.05, 0) is 24.6 Å². The number of rotatable bonds is 4. The van der Waals surface area contributed by atoms with Gasteiger partial charge in [0.05, 0.1) is 5.02 Å². The summed E-state index contributed by atoms with van der Waals surface area (Å²) in [5.41, 5.74) is 0.405. The molecule has 17 heavy (non-hydrogen) atoms. The zero-order valence-corrected chi connectivity index (χ0v) is 9.68.